The second-order valence-corrected chi connectivity index (χ2v) is 4.43. The minimum atomic E-state index is -0.578. The molecule has 0 radical (unpaired) electrons. The highest BCUT2D eigenvalue weighted by Crippen LogP contribution is 2.06. The van der Waals surface area contributed by atoms with E-state index in [1.807, 2.05) is 30.3 Å². The van der Waals surface area contributed by atoms with Gasteiger partial charge in [0, 0.05) is 5.75 Å². The lowest BCUT2D eigenvalue weighted by molar-refractivity contribution is -0.141. The van der Waals surface area contributed by atoms with Gasteiger partial charge in [0.25, 0.3) is 0 Å². The van der Waals surface area contributed by atoms with Gasteiger partial charge in [-0.25, -0.2) is 0 Å². The Balaban J connectivity index is 2.07. The number of hydrogen-bond donors (Lipinski definition) is 1. The number of ether oxygens (including phenoxy) is 2. The molecule has 0 saturated heterocycles. The van der Waals surface area contributed by atoms with Crippen LogP contribution in [0.15, 0.2) is 30.3 Å². The first kappa shape index (κ1) is 14.0. The highest BCUT2D eigenvalue weighted by atomic mass is 32.2. The summed E-state index contributed by atoms with van der Waals surface area (Å²) in [5.41, 5.74) is 6.70. The van der Waals surface area contributed by atoms with E-state index >= 15 is 0 Å². The highest BCUT2D eigenvalue weighted by Gasteiger charge is 2.12. The molecule has 0 aliphatic carbocycles. The van der Waals surface area contributed by atoms with E-state index < -0.39 is 6.04 Å². The summed E-state index contributed by atoms with van der Waals surface area (Å²) in [6.45, 7) is 0.571. The molecule has 17 heavy (non-hydrogen) atoms. The zero-order chi connectivity index (χ0) is 12.5. The molecular weight excluding hydrogens is 238 g/mol. The fraction of sp³-hybridized carbons (Fsp3) is 0.417. The molecule has 0 bridgehead atoms. The summed E-state index contributed by atoms with van der Waals surface area (Å²) >= 11 is 1.48. The summed E-state index contributed by atoms with van der Waals surface area (Å²) in [6.07, 6.45) is 0. The van der Waals surface area contributed by atoms with Gasteiger partial charge in [-0.2, -0.15) is 0 Å². The summed E-state index contributed by atoms with van der Waals surface area (Å²) in [5, 5.41) is 0. The SMILES string of the molecule is COC(=O)C(N)CSCOCc1ccccc1. The molecule has 0 saturated carbocycles. The minimum Gasteiger partial charge on any atom is -0.468 e. The molecule has 5 heteroatoms. The predicted octanol–water partition coefficient (Wildman–Crippen LogP) is 1.39. The largest absolute Gasteiger partial charge is 0.468 e. The van der Waals surface area contributed by atoms with Crippen LogP contribution in [0.3, 0.4) is 0 Å². The number of carbonyl (C=O) groups excluding carboxylic acids is 1. The Bertz CT molecular complexity index is 332. The summed E-state index contributed by atoms with van der Waals surface area (Å²) in [4.78, 5) is 11.0. The molecule has 0 aromatic heterocycles. The van der Waals surface area contributed by atoms with Gasteiger partial charge in [0.15, 0.2) is 0 Å². The molecule has 0 heterocycles. The third-order valence-electron chi connectivity index (χ3n) is 2.08. The van der Waals surface area contributed by atoms with E-state index in [-0.39, 0.29) is 5.97 Å². The standard InChI is InChI=1S/C12H17NO3S/c1-15-12(14)11(13)8-17-9-16-7-10-5-3-2-4-6-10/h2-6,11H,7-9,13H2,1H3. The lowest BCUT2D eigenvalue weighted by Crippen LogP contribution is -2.34. The fourth-order valence-corrected chi connectivity index (χ4v) is 1.87. The smallest absolute Gasteiger partial charge is 0.323 e. The van der Waals surface area contributed by atoms with Crippen LogP contribution in [0.5, 0.6) is 0 Å². The maximum absolute atomic E-state index is 11.0. The van der Waals surface area contributed by atoms with Gasteiger partial charge in [-0.05, 0) is 5.56 Å². The Kier molecular flexibility index (Phi) is 6.69. The Morgan fingerprint density at radius 2 is 2.12 bits per heavy atom. The number of hydrogen-bond acceptors (Lipinski definition) is 5. The van der Waals surface area contributed by atoms with Gasteiger partial charge in [-0.3, -0.25) is 4.79 Å². The third kappa shape index (κ3) is 5.72. The predicted molar refractivity (Wildman–Crippen MR) is 68.5 cm³/mol. The minimum absolute atomic E-state index is 0.388. The Hall–Kier alpha value is -1.04. The van der Waals surface area contributed by atoms with Crippen molar-refractivity contribution >= 4 is 17.7 Å². The Labute approximate surface area is 105 Å². The third-order valence-corrected chi connectivity index (χ3v) is 3.01. The van der Waals surface area contributed by atoms with E-state index in [1.54, 1.807) is 0 Å². The molecule has 94 valence electrons. The number of rotatable bonds is 7. The van der Waals surface area contributed by atoms with Crippen molar-refractivity contribution in [1.29, 1.82) is 0 Å². The van der Waals surface area contributed by atoms with Crippen molar-refractivity contribution in [3.8, 4) is 0 Å². The highest BCUT2D eigenvalue weighted by molar-refractivity contribution is 7.99. The number of thioether (sulfide) groups is 1. The van der Waals surface area contributed by atoms with E-state index in [0.29, 0.717) is 18.3 Å². The van der Waals surface area contributed by atoms with Crippen molar-refractivity contribution in [2.45, 2.75) is 12.6 Å². The van der Waals surface area contributed by atoms with E-state index in [0.717, 1.165) is 5.56 Å². The zero-order valence-electron chi connectivity index (χ0n) is 9.80. The summed E-state index contributed by atoms with van der Waals surface area (Å²) < 4.78 is 9.96. The van der Waals surface area contributed by atoms with Crippen LogP contribution in [-0.4, -0.2) is 30.8 Å². The van der Waals surface area contributed by atoms with Gasteiger partial charge in [-0.1, -0.05) is 30.3 Å². The molecule has 0 fully saturated rings. The van der Waals surface area contributed by atoms with Crippen LogP contribution in [0.2, 0.25) is 0 Å². The molecule has 0 spiro atoms. The second-order valence-electron chi connectivity index (χ2n) is 3.45. The average molecular weight is 255 g/mol. The molecule has 0 amide bonds. The van der Waals surface area contributed by atoms with Gasteiger partial charge in [0.1, 0.15) is 6.04 Å². The quantitative estimate of drug-likeness (QED) is 0.453. The Morgan fingerprint density at radius 1 is 1.41 bits per heavy atom. The van der Waals surface area contributed by atoms with Crippen molar-refractivity contribution in [1.82, 2.24) is 0 Å². The van der Waals surface area contributed by atoms with Crippen molar-refractivity contribution < 1.29 is 14.3 Å². The van der Waals surface area contributed by atoms with Gasteiger partial charge >= 0.3 is 5.97 Å². The van der Waals surface area contributed by atoms with Crippen molar-refractivity contribution in [3.63, 3.8) is 0 Å². The molecule has 1 atom stereocenters. The maximum atomic E-state index is 11.0. The first-order chi connectivity index (χ1) is 8.24. The molecular formula is C12H17NO3S. The number of nitrogens with two attached hydrogens (primary N) is 1. The van der Waals surface area contributed by atoms with Crippen molar-refractivity contribution in [2.24, 2.45) is 5.73 Å². The normalized spacial score (nSPS) is 12.1. The fourth-order valence-electron chi connectivity index (χ4n) is 1.19. The zero-order valence-corrected chi connectivity index (χ0v) is 10.6. The van der Waals surface area contributed by atoms with Crippen LogP contribution < -0.4 is 5.73 Å². The summed E-state index contributed by atoms with van der Waals surface area (Å²) in [6, 6.07) is 9.34. The Morgan fingerprint density at radius 3 is 2.76 bits per heavy atom. The summed E-state index contributed by atoms with van der Waals surface area (Å²) in [7, 11) is 1.33. The lowest BCUT2D eigenvalue weighted by atomic mass is 10.2. The first-order valence-corrected chi connectivity index (χ1v) is 6.42. The second kappa shape index (κ2) is 8.11. The van der Waals surface area contributed by atoms with Crippen LogP contribution >= 0.6 is 11.8 Å². The van der Waals surface area contributed by atoms with E-state index in [1.165, 1.54) is 18.9 Å². The van der Waals surface area contributed by atoms with Crippen LogP contribution in [0.4, 0.5) is 0 Å². The first-order valence-electron chi connectivity index (χ1n) is 5.27. The molecule has 0 aliphatic heterocycles. The van der Waals surface area contributed by atoms with Crippen LogP contribution in [-0.2, 0) is 20.9 Å². The van der Waals surface area contributed by atoms with Crippen molar-refractivity contribution in [3.05, 3.63) is 35.9 Å². The monoisotopic (exact) mass is 255 g/mol. The lowest BCUT2D eigenvalue weighted by Gasteiger charge is -2.08. The van der Waals surface area contributed by atoms with Crippen molar-refractivity contribution in [2.75, 3.05) is 18.8 Å². The van der Waals surface area contributed by atoms with E-state index in [2.05, 4.69) is 4.74 Å². The van der Waals surface area contributed by atoms with Gasteiger partial charge in [0.05, 0.1) is 19.7 Å². The average Bonchev–Trinajstić information content (AvgIpc) is 2.38. The molecule has 1 aromatic carbocycles. The maximum Gasteiger partial charge on any atom is 0.323 e. The molecule has 1 rings (SSSR count). The summed E-state index contributed by atoms with van der Waals surface area (Å²) in [5.74, 6) is 0.627. The number of benzene rings is 1. The molecule has 0 aliphatic rings. The topological polar surface area (TPSA) is 61.5 Å². The van der Waals surface area contributed by atoms with E-state index in [9.17, 15) is 4.79 Å². The van der Waals surface area contributed by atoms with Gasteiger partial charge < -0.3 is 15.2 Å². The molecule has 4 nitrogen and oxygen atoms in total. The van der Waals surface area contributed by atoms with Gasteiger partial charge in [-0.15, -0.1) is 11.8 Å². The number of esters is 1. The van der Waals surface area contributed by atoms with Crippen LogP contribution in [0.1, 0.15) is 5.56 Å². The number of carbonyl (C=O) groups is 1. The molecule has 1 unspecified atom stereocenters. The molecule has 2 N–H and O–H groups in total. The van der Waals surface area contributed by atoms with Crippen LogP contribution in [0.25, 0.3) is 0 Å². The molecule has 1 aromatic rings. The van der Waals surface area contributed by atoms with Gasteiger partial charge in [0.2, 0.25) is 0 Å². The van der Waals surface area contributed by atoms with Crippen LogP contribution in [0, 0.1) is 0 Å². The number of methoxy groups -OCH3 is 1. The van der Waals surface area contributed by atoms with E-state index in [4.69, 9.17) is 10.5 Å².